The molecule has 0 saturated heterocycles. The third-order valence-corrected chi connectivity index (χ3v) is 0.1000. The van der Waals surface area contributed by atoms with E-state index in [9.17, 15) is 0 Å². The summed E-state index contributed by atoms with van der Waals surface area (Å²) in [4.78, 5) is 0. The van der Waals surface area contributed by atoms with E-state index in [1.807, 2.05) is 0 Å². The van der Waals surface area contributed by atoms with Gasteiger partial charge in [-0.15, -0.1) is 0 Å². The molecule has 37 valence electrons. The van der Waals surface area contributed by atoms with Crippen LogP contribution >= 0.6 is 0 Å². The van der Waals surface area contributed by atoms with Gasteiger partial charge in [-0.3, -0.25) is 0 Å². The van der Waals surface area contributed by atoms with Gasteiger partial charge in [0.05, 0.1) is 13.2 Å². The van der Waals surface area contributed by atoms with E-state index in [-0.39, 0.29) is 13.2 Å². The molecule has 0 bridgehead atoms. The molecule has 0 fully saturated rings. The summed E-state index contributed by atoms with van der Waals surface area (Å²) in [6, 6.07) is 0. The van der Waals surface area contributed by atoms with E-state index in [2.05, 4.69) is 0 Å². The Bertz CT molecular complexity index is 16.3. The molecule has 0 aromatic carbocycles. The molecule has 0 saturated carbocycles. The van der Waals surface area contributed by atoms with Gasteiger partial charge < -0.3 is 10.2 Å². The minimum absolute atomic E-state index is 0.125. The van der Waals surface area contributed by atoms with Crippen LogP contribution in [0.15, 0.2) is 0 Å². The van der Waals surface area contributed by atoms with Crippen LogP contribution in [0.25, 0.3) is 0 Å². The molecule has 3 nitrogen and oxygen atoms in total. The molecule has 0 aromatic heterocycles. The molecule has 0 rings (SSSR count). The summed E-state index contributed by atoms with van der Waals surface area (Å²) in [5.41, 5.74) is 0. The standard InChI is InChI=1S/C2H6O2.O.Sb/c3-1-2-4;;/h3-4H,1-2H2;;. The average Bonchev–Trinajstić information content (AvgIpc) is 1.72. The van der Waals surface area contributed by atoms with Gasteiger partial charge in [-0.25, -0.2) is 0 Å². The van der Waals surface area contributed by atoms with E-state index in [1.165, 1.54) is 0 Å². The molecule has 0 spiro atoms. The van der Waals surface area contributed by atoms with Crippen LogP contribution in [-0.4, -0.2) is 46.4 Å². The van der Waals surface area contributed by atoms with Crippen molar-refractivity contribution in [2.24, 2.45) is 0 Å². The zero-order valence-electron chi connectivity index (χ0n) is 3.16. The Kier molecular flexibility index (Phi) is 28.7. The quantitative estimate of drug-likeness (QED) is 0.504. The molecule has 2 N–H and O–H groups in total. The molecule has 0 aromatic rings. The Morgan fingerprint density at radius 1 is 1.17 bits per heavy atom. The molecule has 0 aliphatic carbocycles. The summed E-state index contributed by atoms with van der Waals surface area (Å²) < 4.78 is 8.30. The fraction of sp³-hybridized carbons (Fsp3) is 1.00. The van der Waals surface area contributed by atoms with E-state index in [1.54, 1.807) is 0 Å². The van der Waals surface area contributed by atoms with Gasteiger partial charge in [-0.1, -0.05) is 0 Å². The van der Waals surface area contributed by atoms with Crippen molar-refractivity contribution in [3.8, 4) is 0 Å². The van der Waals surface area contributed by atoms with E-state index < -0.39 is 0 Å². The summed E-state index contributed by atoms with van der Waals surface area (Å²) >= 11 is 0.500. The summed E-state index contributed by atoms with van der Waals surface area (Å²) in [6.45, 7) is -0.250. The Balaban J connectivity index is 0. The molecule has 4 heteroatoms. The summed E-state index contributed by atoms with van der Waals surface area (Å²) in [5, 5.41) is 15.2. The predicted molar refractivity (Wildman–Crippen MR) is 20.6 cm³/mol. The summed E-state index contributed by atoms with van der Waals surface area (Å²) in [6.07, 6.45) is 0. The molecular formula is C2H6O3Sb. The first-order valence-electron chi connectivity index (χ1n) is 1.32. The molecule has 0 aliphatic rings. The van der Waals surface area contributed by atoms with Crippen molar-refractivity contribution in [3.05, 3.63) is 0 Å². The van der Waals surface area contributed by atoms with Gasteiger partial charge in [0.15, 0.2) is 0 Å². The van der Waals surface area contributed by atoms with Crippen LogP contribution in [0.4, 0.5) is 0 Å². The maximum atomic E-state index is 8.30. The Labute approximate surface area is 49.9 Å². The Morgan fingerprint density at radius 2 is 1.33 bits per heavy atom. The molecule has 0 unspecified atom stereocenters. The van der Waals surface area contributed by atoms with Crippen molar-refractivity contribution in [3.63, 3.8) is 0 Å². The van der Waals surface area contributed by atoms with E-state index in [0.29, 0.717) is 23.0 Å². The Hall–Kier alpha value is 0.538. The SMILES string of the molecule is OCCO.[O]=[Sb]. The fourth-order valence-corrected chi connectivity index (χ4v) is 0. The summed E-state index contributed by atoms with van der Waals surface area (Å²) in [7, 11) is 0. The van der Waals surface area contributed by atoms with Crippen LogP contribution in [-0.2, 0) is 3.02 Å². The van der Waals surface area contributed by atoms with Crippen LogP contribution in [0.2, 0.25) is 0 Å². The topological polar surface area (TPSA) is 57.5 Å². The normalized spacial score (nSPS) is 5.67. The number of aliphatic hydroxyl groups is 2. The predicted octanol–water partition coefficient (Wildman–Crippen LogP) is -1.53. The molecular weight excluding hydrogens is 194 g/mol. The second-order valence-electron chi connectivity index (χ2n) is 0.447. The van der Waals surface area contributed by atoms with Gasteiger partial charge in [-0.05, 0) is 0 Å². The average molecular weight is 200 g/mol. The third kappa shape index (κ3) is 24.0. The number of rotatable bonds is 1. The van der Waals surface area contributed by atoms with Gasteiger partial charge in [0.25, 0.3) is 0 Å². The molecule has 0 heterocycles. The molecule has 0 amide bonds. The van der Waals surface area contributed by atoms with Gasteiger partial charge in [0.1, 0.15) is 0 Å². The van der Waals surface area contributed by atoms with E-state index in [4.69, 9.17) is 13.2 Å². The molecule has 6 heavy (non-hydrogen) atoms. The maximum absolute atomic E-state index is 8.30. The van der Waals surface area contributed by atoms with E-state index >= 15 is 0 Å². The van der Waals surface area contributed by atoms with Crippen LogP contribution in [0, 0.1) is 0 Å². The fourth-order valence-electron chi connectivity index (χ4n) is 0. The first kappa shape index (κ1) is 9.74. The van der Waals surface area contributed by atoms with Crippen molar-refractivity contribution in [2.45, 2.75) is 0 Å². The monoisotopic (exact) mass is 199 g/mol. The van der Waals surface area contributed by atoms with Crippen molar-refractivity contribution in [1.29, 1.82) is 0 Å². The Morgan fingerprint density at radius 3 is 1.33 bits per heavy atom. The van der Waals surface area contributed by atoms with Crippen molar-refractivity contribution in [2.75, 3.05) is 13.2 Å². The van der Waals surface area contributed by atoms with Crippen molar-refractivity contribution >= 4 is 23.0 Å². The third-order valence-electron chi connectivity index (χ3n) is 0.1000. The zero-order chi connectivity index (χ0) is 5.41. The number of hydrogen-bond acceptors (Lipinski definition) is 3. The van der Waals surface area contributed by atoms with Crippen molar-refractivity contribution < 1.29 is 13.2 Å². The number of hydrogen-bond donors (Lipinski definition) is 2. The number of aliphatic hydroxyl groups excluding tert-OH is 2. The van der Waals surface area contributed by atoms with Gasteiger partial charge in [0, 0.05) is 0 Å². The van der Waals surface area contributed by atoms with Crippen LogP contribution in [0.5, 0.6) is 0 Å². The van der Waals surface area contributed by atoms with Gasteiger partial charge in [-0.2, -0.15) is 0 Å². The first-order valence-corrected chi connectivity index (χ1v) is 2.36. The van der Waals surface area contributed by atoms with Crippen LogP contribution in [0.1, 0.15) is 0 Å². The second kappa shape index (κ2) is 17.7. The summed E-state index contributed by atoms with van der Waals surface area (Å²) in [5.74, 6) is 0. The second-order valence-corrected chi connectivity index (χ2v) is 0.447. The van der Waals surface area contributed by atoms with Gasteiger partial charge in [0.2, 0.25) is 0 Å². The minimum atomic E-state index is -0.125. The van der Waals surface area contributed by atoms with Crippen LogP contribution < -0.4 is 0 Å². The molecule has 0 aliphatic heterocycles. The first-order chi connectivity index (χ1) is 2.91. The molecule has 0 atom stereocenters. The van der Waals surface area contributed by atoms with Crippen LogP contribution in [0.3, 0.4) is 0 Å². The van der Waals surface area contributed by atoms with E-state index in [0.717, 1.165) is 0 Å². The van der Waals surface area contributed by atoms with Gasteiger partial charge >= 0.3 is 26.0 Å². The zero-order valence-corrected chi connectivity index (χ0v) is 5.72. The molecule has 1 radical (unpaired) electrons. The van der Waals surface area contributed by atoms with Crippen molar-refractivity contribution in [1.82, 2.24) is 0 Å².